The third-order valence-electron chi connectivity index (χ3n) is 5.90. The second-order valence-electron chi connectivity index (χ2n) is 8.47. The Labute approximate surface area is 182 Å². The molecule has 10 heteroatoms. The molecule has 174 valence electrons. The van der Waals surface area contributed by atoms with E-state index in [2.05, 4.69) is 4.98 Å². The average molecular weight is 457 g/mol. The molecule has 0 spiro atoms. The van der Waals surface area contributed by atoms with E-state index in [1.54, 1.807) is 0 Å². The number of hydrogen-bond donors (Lipinski definition) is 0. The Balaban J connectivity index is 1.56. The SMILES string of the molecule is O=C(CC1CN(c2ccc(C(F)(F)F)c3ncccc23)CC(F)(F)C1)CN1CCOCC1. The minimum atomic E-state index is -4.61. The Morgan fingerprint density at radius 1 is 1.19 bits per heavy atom. The number of benzene rings is 1. The number of carbonyl (C=O) groups is 1. The Hall–Kier alpha value is -2.33. The monoisotopic (exact) mass is 457 g/mol. The van der Waals surface area contributed by atoms with Gasteiger partial charge in [-0.2, -0.15) is 13.2 Å². The van der Waals surface area contributed by atoms with Crippen molar-refractivity contribution in [3.8, 4) is 0 Å². The molecule has 1 aromatic carbocycles. The van der Waals surface area contributed by atoms with Gasteiger partial charge in [0.15, 0.2) is 0 Å². The molecule has 2 aliphatic rings. The van der Waals surface area contributed by atoms with Crippen molar-refractivity contribution in [3.05, 3.63) is 36.0 Å². The summed E-state index contributed by atoms with van der Waals surface area (Å²) in [5, 5.41) is 0.165. The highest BCUT2D eigenvalue weighted by atomic mass is 19.4. The van der Waals surface area contributed by atoms with E-state index in [1.807, 2.05) is 4.90 Å². The molecule has 2 aromatic rings. The molecular weight excluding hydrogens is 433 g/mol. The molecule has 0 aliphatic carbocycles. The Morgan fingerprint density at radius 3 is 2.66 bits per heavy atom. The van der Waals surface area contributed by atoms with Crippen molar-refractivity contribution in [1.29, 1.82) is 0 Å². The third kappa shape index (κ3) is 5.17. The fraction of sp³-hybridized carbons (Fsp3) is 0.545. The summed E-state index contributed by atoms with van der Waals surface area (Å²) in [5.41, 5.74) is -0.907. The average Bonchev–Trinajstić information content (AvgIpc) is 2.71. The van der Waals surface area contributed by atoms with Gasteiger partial charge in [-0.1, -0.05) is 0 Å². The van der Waals surface area contributed by atoms with Gasteiger partial charge in [-0.25, -0.2) is 8.78 Å². The normalized spacial score (nSPS) is 22.3. The van der Waals surface area contributed by atoms with Crippen LogP contribution < -0.4 is 4.90 Å². The molecule has 0 radical (unpaired) electrons. The van der Waals surface area contributed by atoms with E-state index in [-0.39, 0.29) is 41.9 Å². The topological polar surface area (TPSA) is 45.7 Å². The minimum Gasteiger partial charge on any atom is -0.379 e. The van der Waals surface area contributed by atoms with Crippen LogP contribution in [0.5, 0.6) is 0 Å². The molecule has 3 heterocycles. The van der Waals surface area contributed by atoms with Crippen molar-refractivity contribution in [3.63, 3.8) is 0 Å². The Morgan fingerprint density at radius 2 is 1.94 bits per heavy atom. The van der Waals surface area contributed by atoms with Crippen LogP contribution in [0.1, 0.15) is 18.4 Å². The van der Waals surface area contributed by atoms with E-state index in [4.69, 9.17) is 4.74 Å². The second-order valence-corrected chi connectivity index (χ2v) is 8.47. The van der Waals surface area contributed by atoms with Gasteiger partial charge in [0, 0.05) is 49.7 Å². The van der Waals surface area contributed by atoms with E-state index < -0.39 is 36.5 Å². The lowest BCUT2D eigenvalue weighted by Crippen LogP contribution is -2.48. The molecule has 0 bridgehead atoms. The second kappa shape index (κ2) is 8.90. The number of ketones is 1. The molecule has 32 heavy (non-hydrogen) atoms. The van der Waals surface area contributed by atoms with Crippen molar-refractivity contribution >= 4 is 22.4 Å². The number of carbonyl (C=O) groups excluding carboxylic acids is 1. The van der Waals surface area contributed by atoms with Crippen LogP contribution in [0.3, 0.4) is 0 Å². The molecule has 1 atom stereocenters. The molecule has 2 aliphatic heterocycles. The van der Waals surface area contributed by atoms with Crippen molar-refractivity contribution in [2.24, 2.45) is 5.92 Å². The fourth-order valence-electron chi connectivity index (χ4n) is 4.58. The highest BCUT2D eigenvalue weighted by Gasteiger charge is 2.42. The molecule has 0 N–H and O–H groups in total. The number of halogens is 5. The number of ether oxygens (including phenoxy) is 1. The van der Waals surface area contributed by atoms with Gasteiger partial charge in [0.1, 0.15) is 5.78 Å². The first-order valence-electron chi connectivity index (χ1n) is 10.5. The fourth-order valence-corrected chi connectivity index (χ4v) is 4.58. The van der Waals surface area contributed by atoms with Crippen LogP contribution >= 0.6 is 0 Å². The molecule has 2 fully saturated rings. The van der Waals surface area contributed by atoms with Crippen LogP contribution in [0.15, 0.2) is 30.5 Å². The predicted molar refractivity (Wildman–Crippen MR) is 109 cm³/mol. The van der Waals surface area contributed by atoms with Gasteiger partial charge in [0.05, 0.1) is 37.4 Å². The summed E-state index contributed by atoms with van der Waals surface area (Å²) >= 11 is 0. The van der Waals surface area contributed by atoms with E-state index >= 15 is 0 Å². The smallest absolute Gasteiger partial charge is 0.379 e. The van der Waals surface area contributed by atoms with Gasteiger partial charge < -0.3 is 9.64 Å². The van der Waals surface area contributed by atoms with Crippen molar-refractivity contribution in [2.75, 3.05) is 50.8 Å². The van der Waals surface area contributed by atoms with Gasteiger partial charge in [0.25, 0.3) is 5.92 Å². The summed E-state index contributed by atoms with van der Waals surface area (Å²) in [4.78, 5) is 19.7. The first-order chi connectivity index (χ1) is 15.1. The molecule has 0 saturated carbocycles. The zero-order valence-electron chi connectivity index (χ0n) is 17.4. The number of pyridine rings is 1. The zero-order valence-corrected chi connectivity index (χ0v) is 17.4. The summed E-state index contributed by atoms with van der Waals surface area (Å²) < 4.78 is 74.6. The highest BCUT2D eigenvalue weighted by Crippen LogP contribution is 2.40. The number of nitrogens with zero attached hydrogens (tertiary/aromatic N) is 3. The number of hydrogen-bond acceptors (Lipinski definition) is 5. The van der Waals surface area contributed by atoms with Crippen LogP contribution in [0.25, 0.3) is 10.9 Å². The number of morpholine rings is 1. The first-order valence-corrected chi connectivity index (χ1v) is 10.5. The lowest BCUT2D eigenvalue weighted by atomic mass is 9.89. The standard InChI is InChI=1S/C22H24F5N3O2/c23-21(24)11-15(10-16(31)13-29-6-8-32-9-7-29)12-30(14-21)19-4-3-18(22(25,26)27)20-17(19)2-1-5-28-20/h1-5,15H,6-14H2. The lowest BCUT2D eigenvalue weighted by molar-refractivity contribution is -0.136. The maximum Gasteiger partial charge on any atom is 0.418 e. The van der Waals surface area contributed by atoms with Crippen molar-refractivity contribution in [1.82, 2.24) is 9.88 Å². The number of Topliss-reactive ketones (excluding diaryl/α,β-unsaturated/α-hetero) is 1. The molecule has 2 saturated heterocycles. The number of aromatic nitrogens is 1. The van der Waals surface area contributed by atoms with Crippen LogP contribution in [0.2, 0.25) is 0 Å². The molecular formula is C22H24F5N3O2. The summed E-state index contributed by atoms with van der Waals surface area (Å²) in [5.74, 6) is -3.77. The minimum absolute atomic E-state index is 0.000262. The van der Waals surface area contributed by atoms with Gasteiger partial charge in [-0.05, 0) is 30.2 Å². The van der Waals surface area contributed by atoms with Crippen LogP contribution in [0, 0.1) is 5.92 Å². The van der Waals surface area contributed by atoms with Crippen LogP contribution in [-0.2, 0) is 15.7 Å². The van der Waals surface area contributed by atoms with Crippen LogP contribution in [-0.4, -0.2) is 67.5 Å². The summed E-state index contributed by atoms with van der Waals surface area (Å²) in [6.07, 6.45) is -3.78. The number of fused-ring (bicyclic) bond motifs is 1. The van der Waals surface area contributed by atoms with Gasteiger partial charge >= 0.3 is 6.18 Å². The summed E-state index contributed by atoms with van der Waals surface area (Å²) in [7, 11) is 0. The predicted octanol–water partition coefficient (Wildman–Crippen LogP) is 4.01. The largest absolute Gasteiger partial charge is 0.418 e. The number of rotatable bonds is 5. The van der Waals surface area contributed by atoms with E-state index in [0.717, 1.165) is 6.07 Å². The van der Waals surface area contributed by atoms with Gasteiger partial charge in [-0.3, -0.25) is 14.7 Å². The Bertz CT molecular complexity index is 976. The van der Waals surface area contributed by atoms with E-state index in [0.29, 0.717) is 26.3 Å². The van der Waals surface area contributed by atoms with Gasteiger partial charge in [0.2, 0.25) is 0 Å². The van der Waals surface area contributed by atoms with Crippen molar-refractivity contribution < 1.29 is 31.5 Å². The maximum atomic E-state index is 14.6. The number of alkyl halides is 5. The Kier molecular flexibility index (Phi) is 6.35. The molecule has 1 aromatic heterocycles. The maximum absolute atomic E-state index is 14.6. The lowest BCUT2D eigenvalue weighted by Gasteiger charge is -2.39. The quantitative estimate of drug-likeness (QED) is 0.635. The number of anilines is 1. The van der Waals surface area contributed by atoms with Crippen LogP contribution in [0.4, 0.5) is 27.6 Å². The molecule has 1 unspecified atom stereocenters. The number of piperidine rings is 1. The molecule has 5 nitrogen and oxygen atoms in total. The highest BCUT2D eigenvalue weighted by molar-refractivity contribution is 5.94. The molecule has 4 rings (SSSR count). The van der Waals surface area contributed by atoms with E-state index in [9.17, 15) is 26.7 Å². The summed E-state index contributed by atoms with van der Waals surface area (Å²) in [6.45, 7) is 2.08. The van der Waals surface area contributed by atoms with Gasteiger partial charge in [-0.15, -0.1) is 0 Å². The summed E-state index contributed by atoms with van der Waals surface area (Å²) in [6, 6.07) is 5.05. The van der Waals surface area contributed by atoms with E-state index in [1.165, 1.54) is 29.3 Å². The third-order valence-corrected chi connectivity index (χ3v) is 5.90. The zero-order chi connectivity index (χ0) is 22.9. The van der Waals surface area contributed by atoms with Crippen molar-refractivity contribution in [2.45, 2.75) is 24.9 Å². The molecule has 0 amide bonds. The first kappa shape index (κ1) is 22.8.